The Balaban J connectivity index is 1.70. The molecule has 2 aromatic heterocycles. The number of aliphatic hydroxyl groups excluding tert-OH is 1. The molecule has 0 unspecified atom stereocenters. The average molecular weight is 325 g/mol. The molecular weight excluding hydrogens is 306 g/mol. The van der Waals surface area contributed by atoms with Gasteiger partial charge < -0.3 is 9.84 Å². The monoisotopic (exact) mass is 325 g/mol. The Labute approximate surface area is 139 Å². The van der Waals surface area contributed by atoms with Crippen molar-refractivity contribution in [2.24, 2.45) is 0 Å². The van der Waals surface area contributed by atoms with Gasteiger partial charge >= 0.3 is 0 Å². The van der Waals surface area contributed by atoms with Crippen LogP contribution in [0.3, 0.4) is 0 Å². The molecule has 0 spiro atoms. The average Bonchev–Trinajstić information content (AvgIpc) is 2.55. The number of ether oxygens (including phenoxy) is 1. The zero-order valence-electron chi connectivity index (χ0n) is 13.6. The lowest BCUT2D eigenvalue weighted by molar-refractivity contribution is 0.0914. The van der Waals surface area contributed by atoms with Gasteiger partial charge in [0.1, 0.15) is 18.5 Å². The van der Waals surface area contributed by atoms with E-state index in [4.69, 9.17) is 4.74 Å². The fraction of sp³-hybridized carbons (Fsp3) is 0.278. The van der Waals surface area contributed by atoms with Crippen LogP contribution in [-0.2, 0) is 6.54 Å². The Morgan fingerprint density at radius 2 is 2.00 bits per heavy atom. The van der Waals surface area contributed by atoms with Crippen LogP contribution in [0.4, 0.5) is 0 Å². The van der Waals surface area contributed by atoms with E-state index in [2.05, 4.69) is 16.0 Å². The van der Waals surface area contributed by atoms with Gasteiger partial charge in [0.25, 0.3) is 5.56 Å². The summed E-state index contributed by atoms with van der Waals surface area (Å²) in [5, 5.41) is 10.7. The molecule has 0 amide bonds. The Morgan fingerprint density at radius 3 is 2.75 bits per heavy atom. The number of hydrogen-bond acceptors (Lipinski definition) is 5. The van der Waals surface area contributed by atoms with Crippen LogP contribution in [0, 0.1) is 13.8 Å². The predicted molar refractivity (Wildman–Crippen MR) is 91.2 cm³/mol. The molecule has 0 saturated heterocycles. The number of pyridine rings is 1. The maximum absolute atomic E-state index is 12.4. The van der Waals surface area contributed by atoms with Gasteiger partial charge in [-0.1, -0.05) is 6.07 Å². The maximum Gasteiger partial charge on any atom is 0.261 e. The van der Waals surface area contributed by atoms with Gasteiger partial charge in [-0.15, -0.1) is 0 Å². The lowest BCUT2D eigenvalue weighted by Crippen LogP contribution is -2.30. The van der Waals surface area contributed by atoms with Gasteiger partial charge in [0.2, 0.25) is 0 Å². The summed E-state index contributed by atoms with van der Waals surface area (Å²) in [6, 6.07) is 7.50. The molecule has 0 aliphatic carbocycles. The second-order valence-electron chi connectivity index (χ2n) is 5.88. The molecule has 3 rings (SSSR count). The summed E-state index contributed by atoms with van der Waals surface area (Å²) < 4.78 is 7.02. The van der Waals surface area contributed by atoms with E-state index in [1.54, 1.807) is 18.5 Å². The van der Waals surface area contributed by atoms with Gasteiger partial charge in [-0.2, -0.15) is 0 Å². The fourth-order valence-electron chi connectivity index (χ4n) is 2.63. The van der Waals surface area contributed by atoms with Crippen molar-refractivity contribution < 1.29 is 9.84 Å². The minimum Gasteiger partial charge on any atom is -0.491 e. The molecule has 0 aliphatic heterocycles. The van der Waals surface area contributed by atoms with Crippen molar-refractivity contribution in [2.45, 2.75) is 26.5 Å². The molecule has 0 bridgehead atoms. The topological polar surface area (TPSA) is 77.2 Å². The van der Waals surface area contributed by atoms with Gasteiger partial charge in [-0.25, -0.2) is 4.98 Å². The van der Waals surface area contributed by atoms with Gasteiger partial charge in [0, 0.05) is 6.20 Å². The van der Waals surface area contributed by atoms with E-state index in [1.807, 2.05) is 26.0 Å². The van der Waals surface area contributed by atoms with Crippen LogP contribution in [-0.4, -0.2) is 32.4 Å². The minimum absolute atomic E-state index is 0.101. The molecule has 0 radical (unpaired) electrons. The first-order valence-corrected chi connectivity index (χ1v) is 7.71. The Bertz CT molecular complexity index is 901. The normalized spacial score (nSPS) is 12.3. The summed E-state index contributed by atoms with van der Waals surface area (Å²) in [6.07, 6.45) is 3.70. The molecule has 6 nitrogen and oxygen atoms in total. The summed E-state index contributed by atoms with van der Waals surface area (Å²) in [4.78, 5) is 20.5. The van der Waals surface area contributed by atoms with Crippen molar-refractivity contribution in [1.29, 1.82) is 0 Å². The van der Waals surface area contributed by atoms with Gasteiger partial charge in [-0.3, -0.25) is 14.3 Å². The van der Waals surface area contributed by atoms with Crippen molar-refractivity contribution in [3.05, 3.63) is 64.5 Å². The smallest absolute Gasteiger partial charge is 0.261 e. The lowest BCUT2D eigenvalue weighted by Gasteiger charge is -2.14. The molecule has 1 atom stereocenters. The number of benzene rings is 1. The second kappa shape index (κ2) is 6.80. The number of aromatic nitrogens is 3. The third-order valence-corrected chi connectivity index (χ3v) is 3.67. The zero-order valence-corrected chi connectivity index (χ0v) is 13.6. The summed E-state index contributed by atoms with van der Waals surface area (Å²) in [5.41, 5.74) is 2.54. The van der Waals surface area contributed by atoms with E-state index in [0.717, 1.165) is 11.1 Å². The number of nitrogens with zero attached hydrogens (tertiary/aromatic N) is 3. The fourth-order valence-corrected chi connectivity index (χ4v) is 2.63. The molecule has 0 saturated carbocycles. The molecule has 24 heavy (non-hydrogen) atoms. The highest BCUT2D eigenvalue weighted by Gasteiger charge is 2.10. The van der Waals surface area contributed by atoms with Gasteiger partial charge in [0.15, 0.2) is 0 Å². The van der Waals surface area contributed by atoms with E-state index < -0.39 is 6.10 Å². The molecule has 1 aromatic carbocycles. The maximum atomic E-state index is 12.4. The van der Waals surface area contributed by atoms with Crippen molar-refractivity contribution in [3.63, 3.8) is 0 Å². The third-order valence-electron chi connectivity index (χ3n) is 3.67. The first-order chi connectivity index (χ1) is 11.5. The van der Waals surface area contributed by atoms with Gasteiger partial charge in [-0.05, 0) is 43.2 Å². The first kappa shape index (κ1) is 16.1. The molecule has 3 aromatic rings. The molecule has 0 aliphatic rings. The van der Waals surface area contributed by atoms with Crippen molar-refractivity contribution >= 4 is 10.9 Å². The zero-order chi connectivity index (χ0) is 17.1. The Kier molecular flexibility index (Phi) is 4.57. The summed E-state index contributed by atoms with van der Waals surface area (Å²) in [7, 11) is 0. The molecule has 0 fully saturated rings. The van der Waals surface area contributed by atoms with Crippen LogP contribution in [0.5, 0.6) is 5.75 Å². The van der Waals surface area contributed by atoms with E-state index in [0.29, 0.717) is 16.7 Å². The largest absolute Gasteiger partial charge is 0.491 e. The Morgan fingerprint density at radius 1 is 1.25 bits per heavy atom. The molecule has 2 heterocycles. The van der Waals surface area contributed by atoms with E-state index in [1.165, 1.54) is 10.9 Å². The highest BCUT2D eigenvalue weighted by atomic mass is 16.5. The third kappa shape index (κ3) is 3.60. The van der Waals surface area contributed by atoms with E-state index in [-0.39, 0.29) is 18.7 Å². The highest BCUT2D eigenvalue weighted by Crippen LogP contribution is 2.16. The molecule has 6 heteroatoms. The summed E-state index contributed by atoms with van der Waals surface area (Å²) in [5.74, 6) is 0.710. The first-order valence-electron chi connectivity index (χ1n) is 7.71. The lowest BCUT2D eigenvalue weighted by atomic mass is 10.1. The molecule has 1 N–H and O–H groups in total. The summed E-state index contributed by atoms with van der Waals surface area (Å²) >= 11 is 0. The van der Waals surface area contributed by atoms with Crippen LogP contribution in [0.2, 0.25) is 0 Å². The molecular formula is C18H19N3O3. The quantitative estimate of drug-likeness (QED) is 0.774. The number of aliphatic hydroxyl groups is 1. The number of rotatable bonds is 5. The van der Waals surface area contributed by atoms with E-state index in [9.17, 15) is 9.90 Å². The van der Waals surface area contributed by atoms with E-state index >= 15 is 0 Å². The minimum atomic E-state index is -0.815. The van der Waals surface area contributed by atoms with Crippen LogP contribution in [0.15, 0.2) is 47.8 Å². The van der Waals surface area contributed by atoms with Crippen molar-refractivity contribution in [1.82, 2.24) is 14.5 Å². The SMILES string of the molecule is Cc1cc(C)cc(OC[C@@H](O)Cn2cnc3cnccc3c2=O)c1. The van der Waals surface area contributed by atoms with Crippen LogP contribution >= 0.6 is 0 Å². The standard InChI is InChI=1S/C18H19N3O3/c1-12-5-13(2)7-15(6-12)24-10-14(22)9-21-11-20-17-8-19-4-3-16(17)18(21)23/h3-8,11,14,22H,9-10H2,1-2H3/t14-/m0/s1. The number of fused-ring (bicyclic) bond motifs is 1. The van der Waals surface area contributed by atoms with Crippen LogP contribution in [0.25, 0.3) is 10.9 Å². The molecule has 124 valence electrons. The Hall–Kier alpha value is -2.73. The van der Waals surface area contributed by atoms with Crippen molar-refractivity contribution in [2.75, 3.05) is 6.61 Å². The van der Waals surface area contributed by atoms with Crippen LogP contribution < -0.4 is 10.3 Å². The second-order valence-corrected chi connectivity index (χ2v) is 5.88. The van der Waals surface area contributed by atoms with Gasteiger partial charge in [0.05, 0.1) is 30.0 Å². The number of aryl methyl sites for hydroxylation is 2. The highest BCUT2D eigenvalue weighted by molar-refractivity contribution is 5.75. The predicted octanol–water partition coefficient (Wildman–Crippen LogP) is 1.85. The number of hydrogen-bond donors (Lipinski definition) is 1. The summed E-state index contributed by atoms with van der Waals surface area (Å²) in [6.45, 7) is 4.20. The van der Waals surface area contributed by atoms with Crippen LogP contribution in [0.1, 0.15) is 11.1 Å². The van der Waals surface area contributed by atoms with Crippen molar-refractivity contribution in [3.8, 4) is 5.75 Å².